The number of hydrogen-bond donors (Lipinski definition) is 0. The third-order valence-electron chi connectivity index (χ3n) is 9.70. The van der Waals surface area contributed by atoms with Crippen molar-refractivity contribution in [2.24, 2.45) is 0 Å². The number of aromatic nitrogens is 4. The molecule has 0 radical (unpaired) electrons. The fourth-order valence-electron chi connectivity index (χ4n) is 7.10. The standard InChI is InChI=1S/C47H28F3N5/c48-47(49,50)36-18-10-17-35(26-36)38-24-22-37(28-41(38)46-53-44(31-12-3-1-4-13-31)52-45(54-46)32-14-5-2-6-15-32)55-42-20-8-7-19-39(42)40-23-21-34(27-43(40)55)33-16-9-11-30(25-33)29-51/h1-28H. The molecule has 262 valence electrons. The predicted molar refractivity (Wildman–Crippen MR) is 211 cm³/mol. The minimum atomic E-state index is -4.53. The van der Waals surface area contributed by atoms with Crippen LogP contribution in [0.5, 0.6) is 0 Å². The number of fused-ring (bicyclic) bond motifs is 3. The van der Waals surface area contributed by atoms with Gasteiger partial charge < -0.3 is 4.57 Å². The second-order valence-corrected chi connectivity index (χ2v) is 13.1. The monoisotopic (exact) mass is 719 g/mol. The summed E-state index contributed by atoms with van der Waals surface area (Å²) in [4.78, 5) is 14.8. The molecule has 0 amide bonds. The van der Waals surface area contributed by atoms with Gasteiger partial charge in [0.25, 0.3) is 0 Å². The molecule has 0 saturated heterocycles. The predicted octanol–water partition coefficient (Wildman–Crippen LogP) is 12.2. The molecule has 5 nitrogen and oxygen atoms in total. The van der Waals surface area contributed by atoms with Crippen molar-refractivity contribution >= 4 is 21.8 Å². The van der Waals surface area contributed by atoms with Crippen LogP contribution in [0.15, 0.2) is 170 Å². The maximum Gasteiger partial charge on any atom is 0.416 e. The molecule has 55 heavy (non-hydrogen) atoms. The van der Waals surface area contributed by atoms with E-state index in [0.717, 1.165) is 61.9 Å². The van der Waals surface area contributed by atoms with Crippen molar-refractivity contribution in [3.8, 4) is 68.2 Å². The van der Waals surface area contributed by atoms with Gasteiger partial charge in [0.05, 0.1) is 28.2 Å². The molecule has 9 aromatic rings. The van der Waals surface area contributed by atoms with E-state index in [9.17, 15) is 18.4 Å². The molecular weight excluding hydrogens is 692 g/mol. The minimum absolute atomic E-state index is 0.316. The number of hydrogen-bond acceptors (Lipinski definition) is 4. The molecule has 0 spiro atoms. The largest absolute Gasteiger partial charge is 0.416 e. The zero-order valence-corrected chi connectivity index (χ0v) is 29.0. The second-order valence-electron chi connectivity index (χ2n) is 13.1. The van der Waals surface area contributed by atoms with E-state index >= 15 is 0 Å². The zero-order chi connectivity index (χ0) is 37.5. The Balaban J connectivity index is 1.33. The summed E-state index contributed by atoms with van der Waals surface area (Å²) in [5.41, 5.74) is 7.29. The number of alkyl halides is 3. The average molecular weight is 720 g/mol. The molecule has 8 heteroatoms. The van der Waals surface area contributed by atoms with Crippen LogP contribution in [0.4, 0.5) is 13.2 Å². The quantitative estimate of drug-likeness (QED) is 0.172. The Morgan fingerprint density at radius 1 is 0.455 bits per heavy atom. The summed E-state index contributed by atoms with van der Waals surface area (Å²) < 4.78 is 44.4. The maximum absolute atomic E-state index is 14.1. The van der Waals surface area contributed by atoms with Gasteiger partial charge in [-0.3, -0.25) is 0 Å². The summed E-state index contributed by atoms with van der Waals surface area (Å²) in [5, 5.41) is 11.7. The molecule has 0 aliphatic carbocycles. The van der Waals surface area contributed by atoms with Gasteiger partial charge in [0.2, 0.25) is 0 Å². The summed E-state index contributed by atoms with van der Waals surface area (Å²) in [7, 11) is 0. The van der Waals surface area contributed by atoms with Crippen LogP contribution < -0.4 is 0 Å². The van der Waals surface area contributed by atoms with E-state index in [1.807, 2.05) is 109 Å². The summed E-state index contributed by atoms with van der Waals surface area (Å²) in [6.07, 6.45) is -4.53. The summed E-state index contributed by atoms with van der Waals surface area (Å²) in [6.45, 7) is 0. The molecule has 0 atom stereocenters. The Bertz CT molecular complexity index is 2870. The molecule has 7 aromatic carbocycles. The van der Waals surface area contributed by atoms with Gasteiger partial charge >= 0.3 is 6.18 Å². The molecule has 0 saturated carbocycles. The third-order valence-corrected chi connectivity index (χ3v) is 9.70. The smallest absolute Gasteiger partial charge is 0.309 e. The van der Waals surface area contributed by atoms with Gasteiger partial charge in [-0.2, -0.15) is 18.4 Å². The SMILES string of the molecule is N#Cc1cccc(-c2ccc3c4ccccc4n(-c4ccc(-c5cccc(C(F)(F)F)c5)c(-c5nc(-c6ccccc6)nc(-c6ccccc6)n5)c4)c3c2)c1. The van der Waals surface area contributed by atoms with E-state index in [1.54, 1.807) is 12.1 Å². The normalized spacial score (nSPS) is 11.5. The summed E-state index contributed by atoms with van der Waals surface area (Å²) in [5.74, 6) is 1.19. The fourth-order valence-corrected chi connectivity index (χ4v) is 7.10. The van der Waals surface area contributed by atoms with Crippen LogP contribution in [0.2, 0.25) is 0 Å². The van der Waals surface area contributed by atoms with E-state index in [1.165, 1.54) is 6.07 Å². The first-order chi connectivity index (χ1) is 26.8. The Morgan fingerprint density at radius 3 is 1.76 bits per heavy atom. The number of nitriles is 1. The van der Waals surface area contributed by atoms with Crippen molar-refractivity contribution in [2.75, 3.05) is 0 Å². The molecule has 2 heterocycles. The van der Waals surface area contributed by atoms with Crippen molar-refractivity contribution in [3.63, 3.8) is 0 Å². The molecule has 0 aliphatic rings. The topological polar surface area (TPSA) is 67.4 Å². The van der Waals surface area contributed by atoms with Crippen molar-refractivity contribution in [3.05, 3.63) is 181 Å². The van der Waals surface area contributed by atoms with Crippen LogP contribution in [0.3, 0.4) is 0 Å². The average Bonchev–Trinajstić information content (AvgIpc) is 3.57. The van der Waals surface area contributed by atoms with Gasteiger partial charge in [0.1, 0.15) is 0 Å². The Labute approximate surface area is 314 Å². The summed E-state index contributed by atoms with van der Waals surface area (Å²) >= 11 is 0. The fraction of sp³-hybridized carbons (Fsp3) is 0.0213. The van der Waals surface area contributed by atoms with Gasteiger partial charge in [-0.1, -0.05) is 121 Å². The third kappa shape index (κ3) is 6.28. The maximum atomic E-state index is 14.1. The minimum Gasteiger partial charge on any atom is -0.309 e. The number of para-hydroxylation sites is 1. The molecule has 0 N–H and O–H groups in total. The molecule has 2 aromatic heterocycles. The van der Waals surface area contributed by atoms with Crippen molar-refractivity contribution < 1.29 is 13.2 Å². The zero-order valence-electron chi connectivity index (χ0n) is 29.0. The van der Waals surface area contributed by atoms with Crippen LogP contribution in [0.25, 0.3) is 83.9 Å². The van der Waals surface area contributed by atoms with E-state index < -0.39 is 11.7 Å². The van der Waals surface area contributed by atoms with Crippen LogP contribution in [0, 0.1) is 11.3 Å². The lowest BCUT2D eigenvalue weighted by atomic mass is 9.96. The van der Waals surface area contributed by atoms with E-state index in [-0.39, 0.29) is 0 Å². The number of nitrogens with zero attached hydrogens (tertiary/aromatic N) is 5. The van der Waals surface area contributed by atoms with Gasteiger partial charge in [0, 0.05) is 33.2 Å². The summed E-state index contributed by atoms with van der Waals surface area (Å²) in [6, 6.07) is 54.2. The highest BCUT2D eigenvalue weighted by atomic mass is 19.4. The van der Waals surface area contributed by atoms with E-state index in [2.05, 4.69) is 41.0 Å². The Kier molecular flexibility index (Phi) is 8.25. The van der Waals surface area contributed by atoms with E-state index in [4.69, 9.17) is 15.0 Å². The lowest BCUT2D eigenvalue weighted by molar-refractivity contribution is -0.137. The first-order valence-electron chi connectivity index (χ1n) is 17.6. The number of halogens is 3. The molecule has 9 rings (SSSR count). The van der Waals surface area contributed by atoms with Gasteiger partial charge in [0.15, 0.2) is 17.5 Å². The van der Waals surface area contributed by atoms with Crippen LogP contribution in [-0.4, -0.2) is 19.5 Å². The van der Waals surface area contributed by atoms with Crippen LogP contribution in [0.1, 0.15) is 11.1 Å². The van der Waals surface area contributed by atoms with Gasteiger partial charge in [-0.05, 0) is 70.8 Å². The van der Waals surface area contributed by atoms with E-state index in [0.29, 0.717) is 39.7 Å². The highest BCUT2D eigenvalue weighted by Crippen LogP contribution is 2.40. The van der Waals surface area contributed by atoms with Crippen LogP contribution >= 0.6 is 0 Å². The first kappa shape index (κ1) is 33.5. The second kappa shape index (κ2) is 13.6. The molecular formula is C47H28F3N5. The van der Waals surface area contributed by atoms with Crippen molar-refractivity contribution in [1.82, 2.24) is 19.5 Å². The van der Waals surface area contributed by atoms with Crippen molar-refractivity contribution in [1.29, 1.82) is 5.26 Å². The molecule has 0 aliphatic heterocycles. The van der Waals surface area contributed by atoms with Gasteiger partial charge in [-0.15, -0.1) is 0 Å². The van der Waals surface area contributed by atoms with Crippen LogP contribution in [-0.2, 0) is 6.18 Å². The molecule has 0 fully saturated rings. The molecule has 0 bridgehead atoms. The Morgan fingerprint density at radius 2 is 1.05 bits per heavy atom. The lowest BCUT2D eigenvalue weighted by Crippen LogP contribution is -2.05. The lowest BCUT2D eigenvalue weighted by Gasteiger charge is -2.16. The molecule has 0 unspecified atom stereocenters. The van der Waals surface area contributed by atoms with Gasteiger partial charge in [-0.25, -0.2) is 15.0 Å². The number of rotatable bonds is 6. The highest BCUT2D eigenvalue weighted by Gasteiger charge is 2.31. The number of benzene rings is 7. The van der Waals surface area contributed by atoms with Crippen molar-refractivity contribution in [2.45, 2.75) is 6.18 Å². The Hall–Kier alpha value is -7.37. The first-order valence-corrected chi connectivity index (χ1v) is 17.6. The highest BCUT2D eigenvalue weighted by molar-refractivity contribution is 6.10.